The van der Waals surface area contributed by atoms with Gasteiger partial charge in [-0.2, -0.15) is 0 Å². The van der Waals surface area contributed by atoms with Crippen LogP contribution in [-0.4, -0.2) is 24.6 Å². The van der Waals surface area contributed by atoms with E-state index in [4.69, 9.17) is 4.74 Å². The van der Waals surface area contributed by atoms with E-state index < -0.39 is 0 Å². The maximum Gasteiger partial charge on any atom is 0.218 e. The average molecular weight is 347 g/mol. The molecule has 130 valence electrons. The Morgan fingerprint density at radius 3 is 2.83 bits per heavy atom. The lowest BCUT2D eigenvalue weighted by molar-refractivity contribution is 0.294. The fourth-order valence-electron chi connectivity index (χ4n) is 2.15. The molecule has 0 amide bonds. The number of unbranched alkanes of at least 4 members (excludes halogenated alkanes) is 1. The van der Waals surface area contributed by atoms with Crippen molar-refractivity contribution < 1.29 is 4.74 Å². The third-order valence-corrected chi connectivity index (χ3v) is 4.66. The number of nitrogens with zero attached hydrogens (tertiary/aromatic N) is 2. The number of aromatic nitrogens is 1. The molecule has 5 nitrogen and oxygen atoms in total. The van der Waals surface area contributed by atoms with E-state index in [2.05, 4.69) is 45.9 Å². The molecular weight excluding hydrogens is 320 g/mol. The Kier molecular flexibility index (Phi) is 7.55. The highest BCUT2D eigenvalue weighted by Gasteiger charge is 2.07. The maximum atomic E-state index is 5.77. The summed E-state index contributed by atoms with van der Waals surface area (Å²) in [6, 6.07) is 6.08. The van der Waals surface area contributed by atoms with E-state index in [0.717, 1.165) is 30.9 Å². The zero-order valence-corrected chi connectivity index (χ0v) is 15.4. The minimum Gasteiger partial charge on any atom is -0.477 e. The van der Waals surface area contributed by atoms with Crippen molar-refractivity contribution in [1.29, 1.82) is 0 Å². The molecule has 2 aromatic heterocycles. The summed E-state index contributed by atoms with van der Waals surface area (Å²) in [5.74, 6) is 1.47. The SMILES string of the molecule is CCCCOc1ncccc1CNC(=NC)NCc1sccc1C. The van der Waals surface area contributed by atoms with Crippen molar-refractivity contribution in [3.8, 4) is 5.88 Å². The molecule has 0 aliphatic heterocycles. The number of hydrogen-bond donors (Lipinski definition) is 2. The molecule has 0 radical (unpaired) electrons. The van der Waals surface area contributed by atoms with Crippen LogP contribution >= 0.6 is 11.3 Å². The topological polar surface area (TPSA) is 58.5 Å². The zero-order valence-electron chi connectivity index (χ0n) is 14.6. The Morgan fingerprint density at radius 2 is 2.12 bits per heavy atom. The van der Waals surface area contributed by atoms with Gasteiger partial charge < -0.3 is 15.4 Å². The second-order valence-corrected chi connectivity index (χ2v) is 6.48. The number of aryl methyl sites for hydroxylation is 1. The van der Waals surface area contributed by atoms with Crippen molar-refractivity contribution in [2.75, 3.05) is 13.7 Å². The predicted molar refractivity (Wildman–Crippen MR) is 101 cm³/mol. The molecule has 0 fully saturated rings. The number of hydrogen-bond acceptors (Lipinski definition) is 4. The first-order valence-electron chi connectivity index (χ1n) is 8.28. The normalized spacial score (nSPS) is 11.4. The molecule has 6 heteroatoms. The Morgan fingerprint density at radius 1 is 1.29 bits per heavy atom. The molecule has 2 N–H and O–H groups in total. The number of thiophene rings is 1. The van der Waals surface area contributed by atoms with E-state index >= 15 is 0 Å². The molecule has 0 aliphatic rings. The minimum atomic E-state index is 0.623. The summed E-state index contributed by atoms with van der Waals surface area (Å²) >= 11 is 1.75. The zero-order chi connectivity index (χ0) is 17.2. The molecule has 2 heterocycles. The number of guanidine groups is 1. The van der Waals surface area contributed by atoms with Crippen LogP contribution in [0.15, 0.2) is 34.8 Å². The van der Waals surface area contributed by atoms with Crippen LogP contribution in [0.1, 0.15) is 35.8 Å². The van der Waals surface area contributed by atoms with E-state index in [1.807, 2.05) is 12.1 Å². The molecular formula is C18H26N4OS. The summed E-state index contributed by atoms with van der Waals surface area (Å²) in [5, 5.41) is 8.77. The lowest BCUT2D eigenvalue weighted by atomic mass is 10.2. The predicted octanol–water partition coefficient (Wildman–Crippen LogP) is 3.50. The van der Waals surface area contributed by atoms with Crippen LogP contribution in [0.25, 0.3) is 0 Å². The van der Waals surface area contributed by atoms with E-state index in [9.17, 15) is 0 Å². The number of ether oxygens (including phenoxy) is 1. The fourth-order valence-corrected chi connectivity index (χ4v) is 3.00. The standard InChI is InChI=1S/C18H26N4OS/c1-4-5-10-23-17-15(7-6-9-20-17)12-21-18(19-3)22-13-16-14(2)8-11-24-16/h6-9,11H,4-5,10,12-13H2,1-3H3,(H2,19,21,22). The first kappa shape index (κ1) is 18.3. The Hall–Kier alpha value is -2.08. The van der Waals surface area contributed by atoms with Gasteiger partial charge in [-0.1, -0.05) is 19.4 Å². The van der Waals surface area contributed by atoms with Gasteiger partial charge in [-0.15, -0.1) is 11.3 Å². The number of pyridine rings is 1. The molecule has 0 saturated heterocycles. The lowest BCUT2D eigenvalue weighted by Crippen LogP contribution is -2.36. The summed E-state index contributed by atoms with van der Waals surface area (Å²) in [5.41, 5.74) is 2.34. The summed E-state index contributed by atoms with van der Waals surface area (Å²) in [7, 11) is 1.78. The molecule has 2 aromatic rings. The van der Waals surface area contributed by atoms with Gasteiger partial charge in [-0.3, -0.25) is 4.99 Å². The molecule has 0 unspecified atom stereocenters. The Labute approximate surface area is 148 Å². The first-order chi connectivity index (χ1) is 11.7. The summed E-state index contributed by atoms with van der Waals surface area (Å²) < 4.78 is 5.77. The Balaban J connectivity index is 1.87. The summed E-state index contributed by atoms with van der Waals surface area (Å²) in [4.78, 5) is 9.93. The highest BCUT2D eigenvalue weighted by Crippen LogP contribution is 2.15. The average Bonchev–Trinajstić information content (AvgIpc) is 3.01. The van der Waals surface area contributed by atoms with Crippen molar-refractivity contribution in [3.63, 3.8) is 0 Å². The second-order valence-electron chi connectivity index (χ2n) is 5.48. The van der Waals surface area contributed by atoms with Crippen LogP contribution in [-0.2, 0) is 13.1 Å². The van der Waals surface area contributed by atoms with Crippen LogP contribution < -0.4 is 15.4 Å². The third-order valence-electron chi connectivity index (χ3n) is 3.64. The van der Waals surface area contributed by atoms with Crippen LogP contribution in [0.2, 0.25) is 0 Å². The highest BCUT2D eigenvalue weighted by molar-refractivity contribution is 7.10. The van der Waals surface area contributed by atoms with Crippen LogP contribution in [0.3, 0.4) is 0 Å². The number of rotatable bonds is 8. The van der Waals surface area contributed by atoms with Gasteiger partial charge in [-0.05, 0) is 36.4 Å². The van der Waals surface area contributed by atoms with Gasteiger partial charge in [-0.25, -0.2) is 4.98 Å². The van der Waals surface area contributed by atoms with E-state index in [1.54, 1.807) is 24.6 Å². The van der Waals surface area contributed by atoms with E-state index in [0.29, 0.717) is 19.0 Å². The van der Waals surface area contributed by atoms with Crippen molar-refractivity contribution >= 4 is 17.3 Å². The van der Waals surface area contributed by atoms with Crippen LogP contribution in [0.5, 0.6) is 5.88 Å². The Bertz CT molecular complexity index is 654. The number of aliphatic imine (C=N–C) groups is 1. The maximum absolute atomic E-state index is 5.77. The first-order valence-corrected chi connectivity index (χ1v) is 9.16. The third kappa shape index (κ3) is 5.53. The number of nitrogens with one attached hydrogen (secondary N) is 2. The van der Waals surface area contributed by atoms with Crippen LogP contribution in [0.4, 0.5) is 0 Å². The van der Waals surface area contributed by atoms with Gasteiger partial charge in [0.05, 0.1) is 13.2 Å². The molecule has 0 spiro atoms. The van der Waals surface area contributed by atoms with Gasteiger partial charge in [0, 0.05) is 30.2 Å². The van der Waals surface area contributed by atoms with Crippen molar-refractivity contribution in [2.45, 2.75) is 39.8 Å². The smallest absolute Gasteiger partial charge is 0.218 e. The molecule has 0 bridgehead atoms. The summed E-state index contributed by atoms with van der Waals surface area (Å²) in [6.07, 6.45) is 3.91. The minimum absolute atomic E-state index is 0.623. The largest absolute Gasteiger partial charge is 0.477 e. The van der Waals surface area contributed by atoms with Crippen molar-refractivity contribution in [3.05, 3.63) is 45.8 Å². The van der Waals surface area contributed by atoms with Crippen molar-refractivity contribution in [1.82, 2.24) is 15.6 Å². The van der Waals surface area contributed by atoms with Gasteiger partial charge in [0.1, 0.15) is 0 Å². The second kappa shape index (κ2) is 9.93. The van der Waals surface area contributed by atoms with Gasteiger partial charge >= 0.3 is 0 Å². The van der Waals surface area contributed by atoms with Gasteiger partial charge in [0.25, 0.3) is 0 Å². The molecule has 0 saturated carbocycles. The van der Waals surface area contributed by atoms with E-state index in [-0.39, 0.29) is 0 Å². The molecule has 0 aromatic carbocycles. The monoisotopic (exact) mass is 346 g/mol. The summed E-state index contributed by atoms with van der Waals surface area (Å²) in [6.45, 7) is 6.37. The molecule has 0 atom stereocenters. The van der Waals surface area contributed by atoms with Gasteiger partial charge in [0.15, 0.2) is 5.96 Å². The molecule has 0 aliphatic carbocycles. The molecule has 2 rings (SSSR count). The fraction of sp³-hybridized carbons (Fsp3) is 0.444. The van der Waals surface area contributed by atoms with E-state index in [1.165, 1.54) is 10.4 Å². The van der Waals surface area contributed by atoms with Crippen LogP contribution in [0, 0.1) is 6.92 Å². The van der Waals surface area contributed by atoms with Crippen molar-refractivity contribution in [2.24, 2.45) is 4.99 Å². The highest BCUT2D eigenvalue weighted by atomic mass is 32.1. The lowest BCUT2D eigenvalue weighted by Gasteiger charge is -2.14. The molecule has 24 heavy (non-hydrogen) atoms. The van der Waals surface area contributed by atoms with Gasteiger partial charge in [0.2, 0.25) is 5.88 Å². The quantitative estimate of drug-likeness (QED) is 0.436.